The van der Waals surface area contributed by atoms with Crippen LogP contribution in [-0.4, -0.2) is 36.6 Å². The van der Waals surface area contributed by atoms with Crippen molar-refractivity contribution in [2.24, 2.45) is 0 Å². The van der Waals surface area contributed by atoms with Crippen molar-refractivity contribution >= 4 is 11.6 Å². The number of hydrogen-bond acceptors (Lipinski definition) is 1. The average molecular weight is 230 g/mol. The fourth-order valence-electron chi connectivity index (χ4n) is 1.14. The van der Waals surface area contributed by atoms with Crippen LogP contribution in [0.2, 0.25) is 0 Å². The molecule has 14 heavy (non-hydrogen) atoms. The first kappa shape index (κ1) is 13.8. The summed E-state index contributed by atoms with van der Waals surface area (Å²) < 4.78 is 36.2. The van der Waals surface area contributed by atoms with E-state index in [0.29, 0.717) is 18.5 Å². The van der Waals surface area contributed by atoms with E-state index < -0.39 is 12.7 Å². The van der Waals surface area contributed by atoms with E-state index in [-0.39, 0.29) is 12.4 Å². The Hall–Kier alpha value is -0.220. The van der Waals surface area contributed by atoms with Crippen LogP contribution in [0.5, 0.6) is 0 Å². The van der Waals surface area contributed by atoms with Crippen molar-refractivity contribution in [3.8, 4) is 0 Å². The number of halogens is 4. The zero-order valence-electron chi connectivity index (χ0n) is 8.20. The van der Waals surface area contributed by atoms with Crippen LogP contribution in [0.25, 0.3) is 0 Å². The van der Waals surface area contributed by atoms with E-state index in [1.54, 1.807) is 0 Å². The van der Waals surface area contributed by atoms with Gasteiger partial charge < -0.3 is 0 Å². The molecule has 5 heteroatoms. The van der Waals surface area contributed by atoms with Crippen molar-refractivity contribution in [1.82, 2.24) is 4.90 Å². The standard InChI is InChI=1S/C9H15ClF3N/c1-3-4-14(6-8(2)5-10)7-9(11,12)13/h2-7H2,1H3. The highest BCUT2D eigenvalue weighted by Crippen LogP contribution is 2.17. The zero-order valence-corrected chi connectivity index (χ0v) is 8.96. The smallest absolute Gasteiger partial charge is 0.291 e. The van der Waals surface area contributed by atoms with Crippen LogP contribution >= 0.6 is 11.6 Å². The predicted molar refractivity (Wildman–Crippen MR) is 52.6 cm³/mol. The summed E-state index contributed by atoms with van der Waals surface area (Å²) in [6.45, 7) is 5.16. The topological polar surface area (TPSA) is 3.24 Å². The van der Waals surface area contributed by atoms with Crippen molar-refractivity contribution in [3.05, 3.63) is 12.2 Å². The number of alkyl halides is 4. The van der Waals surface area contributed by atoms with Crippen LogP contribution in [0.1, 0.15) is 13.3 Å². The number of rotatable bonds is 6. The van der Waals surface area contributed by atoms with Crippen LogP contribution in [0.3, 0.4) is 0 Å². The summed E-state index contributed by atoms with van der Waals surface area (Å²) in [7, 11) is 0. The lowest BCUT2D eigenvalue weighted by Crippen LogP contribution is -2.36. The molecule has 0 saturated carbocycles. The Balaban J connectivity index is 4.08. The van der Waals surface area contributed by atoms with Gasteiger partial charge in [-0.15, -0.1) is 11.6 Å². The van der Waals surface area contributed by atoms with Gasteiger partial charge in [-0.05, 0) is 18.5 Å². The van der Waals surface area contributed by atoms with E-state index in [1.165, 1.54) is 4.90 Å². The molecule has 0 radical (unpaired) electrons. The fraction of sp³-hybridized carbons (Fsp3) is 0.778. The molecule has 0 spiro atoms. The molecule has 0 heterocycles. The summed E-state index contributed by atoms with van der Waals surface area (Å²) in [5.41, 5.74) is 0.615. The Bertz CT molecular complexity index is 179. The lowest BCUT2D eigenvalue weighted by molar-refractivity contribution is -0.144. The largest absolute Gasteiger partial charge is 0.401 e. The second-order valence-corrected chi connectivity index (χ2v) is 3.48. The number of nitrogens with zero attached hydrogens (tertiary/aromatic N) is 1. The molecule has 0 bridgehead atoms. The third kappa shape index (κ3) is 7.21. The summed E-state index contributed by atoms with van der Waals surface area (Å²) in [5, 5.41) is 0. The fourth-order valence-corrected chi connectivity index (χ4v) is 1.23. The van der Waals surface area contributed by atoms with Crippen molar-refractivity contribution in [2.45, 2.75) is 19.5 Å². The molecule has 0 rings (SSSR count). The van der Waals surface area contributed by atoms with Gasteiger partial charge in [0.15, 0.2) is 0 Å². The van der Waals surface area contributed by atoms with Crippen molar-refractivity contribution in [3.63, 3.8) is 0 Å². The van der Waals surface area contributed by atoms with Crippen molar-refractivity contribution < 1.29 is 13.2 Å². The van der Waals surface area contributed by atoms with Gasteiger partial charge in [0.05, 0.1) is 6.54 Å². The van der Waals surface area contributed by atoms with Crippen molar-refractivity contribution in [2.75, 3.05) is 25.5 Å². The Labute approximate surface area is 87.5 Å². The molecule has 0 fully saturated rings. The Kier molecular flexibility index (Phi) is 6.20. The normalized spacial score (nSPS) is 12.1. The molecule has 0 aliphatic carbocycles. The predicted octanol–water partition coefficient (Wildman–Crippen LogP) is 3.06. The maximum atomic E-state index is 12.1. The van der Waals surface area contributed by atoms with Gasteiger partial charge in [0.1, 0.15) is 0 Å². The van der Waals surface area contributed by atoms with Crippen LogP contribution in [0, 0.1) is 0 Å². The average Bonchev–Trinajstić information content (AvgIpc) is 2.01. The summed E-state index contributed by atoms with van der Waals surface area (Å²) in [5.74, 6) is 0.206. The minimum absolute atomic E-state index is 0.206. The second kappa shape index (κ2) is 6.30. The molecule has 0 aliphatic rings. The van der Waals surface area contributed by atoms with Gasteiger partial charge >= 0.3 is 6.18 Å². The van der Waals surface area contributed by atoms with E-state index in [4.69, 9.17) is 11.6 Å². The molecule has 0 aromatic heterocycles. The minimum atomic E-state index is -4.15. The minimum Gasteiger partial charge on any atom is -0.291 e. The first-order chi connectivity index (χ1) is 6.39. The molecule has 0 N–H and O–H groups in total. The lowest BCUT2D eigenvalue weighted by Gasteiger charge is -2.23. The number of hydrogen-bond donors (Lipinski definition) is 0. The van der Waals surface area contributed by atoms with E-state index in [2.05, 4.69) is 6.58 Å². The van der Waals surface area contributed by atoms with Gasteiger partial charge in [-0.3, -0.25) is 4.90 Å². The Morgan fingerprint density at radius 2 is 2.00 bits per heavy atom. The first-order valence-electron chi connectivity index (χ1n) is 4.40. The molecule has 0 unspecified atom stereocenters. The quantitative estimate of drug-likeness (QED) is 0.500. The van der Waals surface area contributed by atoms with Gasteiger partial charge in [-0.2, -0.15) is 13.2 Å². The lowest BCUT2D eigenvalue weighted by atomic mass is 10.3. The third-order valence-electron chi connectivity index (χ3n) is 1.58. The molecular formula is C9H15ClF3N. The highest BCUT2D eigenvalue weighted by Gasteiger charge is 2.30. The van der Waals surface area contributed by atoms with Crippen LogP contribution in [-0.2, 0) is 0 Å². The third-order valence-corrected chi connectivity index (χ3v) is 1.96. The second-order valence-electron chi connectivity index (χ2n) is 3.21. The van der Waals surface area contributed by atoms with Crippen molar-refractivity contribution in [1.29, 1.82) is 0 Å². The SMILES string of the molecule is C=C(CCl)CN(CCC)CC(F)(F)F. The summed E-state index contributed by atoms with van der Waals surface area (Å²) in [4.78, 5) is 1.31. The summed E-state index contributed by atoms with van der Waals surface area (Å²) in [6.07, 6.45) is -3.46. The summed E-state index contributed by atoms with van der Waals surface area (Å²) in [6, 6.07) is 0. The maximum Gasteiger partial charge on any atom is 0.401 e. The first-order valence-corrected chi connectivity index (χ1v) is 4.94. The summed E-state index contributed by atoms with van der Waals surface area (Å²) >= 11 is 5.46. The molecule has 0 saturated heterocycles. The van der Waals surface area contributed by atoms with Gasteiger partial charge in [0.25, 0.3) is 0 Å². The zero-order chi connectivity index (χ0) is 11.2. The molecule has 0 aliphatic heterocycles. The highest BCUT2D eigenvalue weighted by molar-refractivity contribution is 6.19. The van der Waals surface area contributed by atoms with Crippen LogP contribution < -0.4 is 0 Å². The Morgan fingerprint density at radius 3 is 2.36 bits per heavy atom. The van der Waals surface area contributed by atoms with Crippen LogP contribution in [0.4, 0.5) is 13.2 Å². The molecule has 0 aromatic carbocycles. The molecular weight excluding hydrogens is 215 g/mol. The van der Waals surface area contributed by atoms with Gasteiger partial charge in [-0.25, -0.2) is 0 Å². The maximum absolute atomic E-state index is 12.1. The van der Waals surface area contributed by atoms with Gasteiger partial charge in [-0.1, -0.05) is 13.5 Å². The molecule has 0 atom stereocenters. The Morgan fingerprint density at radius 1 is 1.43 bits per heavy atom. The highest BCUT2D eigenvalue weighted by atomic mass is 35.5. The molecule has 84 valence electrons. The van der Waals surface area contributed by atoms with E-state index in [1.807, 2.05) is 6.92 Å². The monoisotopic (exact) mass is 229 g/mol. The van der Waals surface area contributed by atoms with Crippen LogP contribution in [0.15, 0.2) is 12.2 Å². The molecule has 0 amide bonds. The molecule has 0 aromatic rings. The van der Waals surface area contributed by atoms with E-state index >= 15 is 0 Å². The van der Waals surface area contributed by atoms with Gasteiger partial charge in [0, 0.05) is 12.4 Å². The van der Waals surface area contributed by atoms with E-state index in [0.717, 1.165) is 0 Å². The van der Waals surface area contributed by atoms with Gasteiger partial charge in [0.2, 0.25) is 0 Å². The molecule has 1 nitrogen and oxygen atoms in total. The van der Waals surface area contributed by atoms with E-state index in [9.17, 15) is 13.2 Å².